The van der Waals surface area contributed by atoms with Crippen LogP contribution in [0.5, 0.6) is 0 Å². The van der Waals surface area contributed by atoms with Gasteiger partial charge in [-0.1, -0.05) is 0 Å². The maximum atomic E-state index is 5.81. The zero-order valence-electron chi connectivity index (χ0n) is 7.74. The summed E-state index contributed by atoms with van der Waals surface area (Å²) in [5.41, 5.74) is 2.57. The van der Waals surface area contributed by atoms with E-state index in [0.717, 1.165) is 16.9 Å². The molecular formula is C9H9ClN4. The van der Waals surface area contributed by atoms with Crippen LogP contribution in [0.25, 0.3) is 11.2 Å². The van der Waals surface area contributed by atoms with Crippen LogP contribution in [0.15, 0.2) is 6.33 Å². The molecule has 4 nitrogen and oxygen atoms in total. The first-order chi connectivity index (χ1) is 6.75. The number of aromatic nitrogens is 4. The largest absolute Gasteiger partial charge is 0.312 e. The Labute approximate surface area is 85.9 Å². The van der Waals surface area contributed by atoms with Crippen LogP contribution in [-0.4, -0.2) is 19.5 Å². The van der Waals surface area contributed by atoms with E-state index in [1.54, 1.807) is 0 Å². The summed E-state index contributed by atoms with van der Waals surface area (Å²) in [5, 5.41) is 0.303. The molecule has 1 aliphatic rings. The molecule has 0 atom stereocenters. The molecule has 0 aromatic carbocycles. The molecule has 5 heteroatoms. The highest BCUT2D eigenvalue weighted by Crippen LogP contribution is 2.36. The van der Waals surface area contributed by atoms with Crippen molar-refractivity contribution in [1.82, 2.24) is 19.5 Å². The molecule has 0 aliphatic heterocycles. The molecule has 0 saturated heterocycles. The SMILES string of the molecule is Cc1nc(Cl)nc2c1ncn2C1CC1. The molecule has 72 valence electrons. The first kappa shape index (κ1) is 8.17. The Morgan fingerprint density at radius 1 is 1.43 bits per heavy atom. The molecule has 1 fully saturated rings. The summed E-state index contributed by atoms with van der Waals surface area (Å²) in [6.45, 7) is 1.90. The number of hydrogen-bond acceptors (Lipinski definition) is 3. The van der Waals surface area contributed by atoms with E-state index >= 15 is 0 Å². The molecule has 0 radical (unpaired) electrons. The van der Waals surface area contributed by atoms with E-state index in [9.17, 15) is 0 Å². The Bertz CT molecular complexity index is 501. The normalized spacial score (nSPS) is 16.4. The maximum Gasteiger partial charge on any atom is 0.224 e. The van der Waals surface area contributed by atoms with E-state index in [1.807, 2.05) is 13.3 Å². The van der Waals surface area contributed by atoms with E-state index in [1.165, 1.54) is 12.8 Å². The molecule has 0 unspecified atom stereocenters. The Morgan fingerprint density at radius 2 is 2.21 bits per heavy atom. The predicted octanol–water partition coefficient (Wildman–Crippen LogP) is 2.12. The zero-order chi connectivity index (χ0) is 9.71. The van der Waals surface area contributed by atoms with Gasteiger partial charge in [0, 0.05) is 6.04 Å². The van der Waals surface area contributed by atoms with Crippen LogP contribution in [-0.2, 0) is 0 Å². The van der Waals surface area contributed by atoms with Gasteiger partial charge in [-0.15, -0.1) is 0 Å². The lowest BCUT2D eigenvalue weighted by Crippen LogP contribution is -1.95. The Hall–Kier alpha value is -1.16. The van der Waals surface area contributed by atoms with Crippen molar-refractivity contribution in [2.24, 2.45) is 0 Å². The lowest BCUT2D eigenvalue weighted by atomic mass is 10.4. The first-order valence-electron chi connectivity index (χ1n) is 4.62. The highest BCUT2D eigenvalue weighted by Gasteiger charge is 2.26. The summed E-state index contributed by atoms with van der Waals surface area (Å²) >= 11 is 5.81. The fraction of sp³-hybridized carbons (Fsp3) is 0.444. The second-order valence-corrected chi connectivity index (χ2v) is 3.97. The van der Waals surface area contributed by atoms with Crippen molar-refractivity contribution >= 4 is 22.8 Å². The van der Waals surface area contributed by atoms with Crippen LogP contribution in [0.3, 0.4) is 0 Å². The molecule has 2 heterocycles. The van der Waals surface area contributed by atoms with Crippen LogP contribution in [0.1, 0.15) is 24.6 Å². The highest BCUT2D eigenvalue weighted by atomic mass is 35.5. The topological polar surface area (TPSA) is 43.6 Å². The molecule has 1 aliphatic carbocycles. The van der Waals surface area contributed by atoms with Crippen molar-refractivity contribution in [3.8, 4) is 0 Å². The number of hydrogen-bond donors (Lipinski definition) is 0. The Morgan fingerprint density at radius 3 is 2.93 bits per heavy atom. The summed E-state index contributed by atoms with van der Waals surface area (Å²) in [6, 6.07) is 0.574. The number of rotatable bonds is 1. The lowest BCUT2D eigenvalue weighted by Gasteiger charge is -2.00. The van der Waals surface area contributed by atoms with Crippen molar-refractivity contribution in [2.75, 3.05) is 0 Å². The average molecular weight is 209 g/mol. The Kier molecular flexibility index (Phi) is 1.56. The number of aryl methyl sites for hydroxylation is 1. The molecule has 0 amide bonds. The third-order valence-corrected chi connectivity index (χ3v) is 2.68. The van der Waals surface area contributed by atoms with Gasteiger partial charge in [-0.2, -0.15) is 4.98 Å². The van der Waals surface area contributed by atoms with E-state index in [-0.39, 0.29) is 0 Å². The third-order valence-electron chi connectivity index (χ3n) is 2.51. The molecular weight excluding hydrogens is 200 g/mol. The molecule has 0 spiro atoms. The molecule has 3 rings (SSSR count). The van der Waals surface area contributed by atoms with Gasteiger partial charge in [0.05, 0.1) is 12.0 Å². The van der Waals surface area contributed by atoms with Gasteiger partial charge in [0.25, 0.3) is 0 Å². The van der Waals surface area contributed by atoms with Gasteiger partial charge in [0.1, 0.15) is 5.52 Å². The quantitative estimate of drug-likeness (QED) is 0.675. The summed E-state index contributed by atoms with van der Waals surface area (Å²) in [7, 11) is 0. The molecule has 0 N–H and O–H groups in total. The number of nitrogens with zero attached hydrogens (tertiary/aromatic N) is 4. The minimum Gasteiger partial charge on any atom is -0.312 e. The minimum atomic E-state index is 0.303. The van der Waals surface area contributed by atoms with Crippen LogP contribution in [0, 0.1) is 6.92 Å². The number of fused-ring (bicyclic) bond motifs is 1. The molecule has 2 aromatic heterocycles. The van der Waals surface area contributed by atoms with Gasteiger partial charge >= 0.3 is 0 Å². The summed E-state index contributed by atoms with van der Waals surface area (Å²) in [4.78, 5) is 12.6. The molecule has 0 bridgehead atoms. The van der Waals surface area contributed by atoms with Gasteiger partial charge in [-0.25, -0.2) is 9.97 Å². The second kappa shape index (κ2) is 2.67. The van der Waals surface area contributed by atoms with Crippen molar-refractivity contribution in [3.63, 3.8) is 0 Å². The van der Waals surface area contributed by atoms with Gasteiger partial charge in [-0.05, 0) is 31.4 Å². The van der Waals surface area contributed by atoms with E-state index in [4.69, 9.17) is 11.6 Å². The zero-order valence-corrected chi connectivity index (χ0v) is 8.49. The number of imidazole rings is 1. The summed E-state index contributed by atoms with van der Waals surface area (Å²) in [5.74, 6) is 0. The monoisotopic (exact) mass is 208 g/mol. The van der Waals surface area contributed by atoms with E-state index in [0.29, 0.717) is 11.3 Å². The van der Waals surface area contributed by atoms with Gasteiger partial charge < -0.3 is 4.57 Å². The number of halogens is 1. The highest BCUT2D eigenvalue weighted by molar-refractivity contribution is 6.28. The van der Waals surface area contributed by atoms with Crippen LogP contribution >= 0.6 is 11.6 Å². The van der Waals surface area contributed by atoms with Crippen molar-refractivity contribution in [2.45, 2.75) is 25.8 Å². The van der Waals surface area contributed by atoms with Gasteiger partial charge in [0.15, 0.2) is 5.65 Å². The molecule has 2 aromatic rings. The van der Waals surface area contributed by atoms with Crippen molar-refractivity contribution in [3.05, 3.63) is 17.3 Å². The van der Waals surface area contributed by atoms with E-state index in [2.05, 4.69) is 19.5 Å². The first-order valence-corrected chi connectivity index (χ1v) is 5.00. The fourth-order valence-electron chi connectivity index (χ4n) is 1.64. The lowest BCUT2D eigenvalue weighted by molar-refractivity contribution is 0.756. The minimum absolute atomic E-state index is 0.303. The second-order valence-electron chi connectivity index (χ2n) is 3.63. The standard InChI is InChI=1S/C9H9ClN4/c1-5-7-8(13-9(10)12-5)14(4-11-7)6-2-3-6/h4,6H,2-3H2,1H3. The average Bonchev–Trinajstić information content (AvgIpc) is 2.87. The molecule has 14 heavy (non-hydrogen) atoms. The van der Waals surface area contributed by atoms with Crippen LogP contribution < -0.4 is 0 Å². The van der Waals surface area contributed by atoms with Crippen molar-refractivity contribution in [1.29, 1.82) is 0 Å². The van der Waals surface area contributed by atoms with Gasteiger partial charge in [-0.3, -0.25) is 0 Å². The summed E-state index contributed by atoms with van der Waals surface area (Å²) in [6.07, 6.45) is 4.26. The molecule has 1 saturated carbocycles. The maximum absolute atomic E-state index is 5.81. The Balaban J connectivity index is 2.33. The van der Waals surface area contributed by atoms with E-state index < -0.39 is 0 Å². The van der Waals surface area contributed by atoms with Gasteiger partial charge in [0.2, 0.25) is 5.28 Å². The summed E-state index contributed by atoms with van der Waals surface area (Å²) < 4.78 is 2.09. The fourth-order valence-corrected chi connectivity index (χ4v) is 1.85. The smallest absolute Gasteiger partial charge is 0.224 e. The van der Waals surface area contributed by atoms with Crippen LogP contribution in [0.4, 0.5) is 0 Å². The van der Waals surface area contributed by atoms with Crippen molar-refractivity contribution < 1.29 is 0 Å². The van der Waals surface area contributed by atoms with Crippen LogP contribution in [0.2, 0.25) is 5.28 Å². The third kappa shape index (κ3) is 1.10. The predicted molar refractivity (Wildman–Crippen MR) is 53.3 cm³/mol.